The largest absolute Gasteiger partial charge is 0.490 e. The minimum atomic E-state index is -3.98. The van der Waals surface area contributed by atoms with Crippen molar-refractivity contribution in [3.05, 3.63) is 48.0 Å². The lowest BCUT2D eigenvalue weighted by Crippen LogP contribution is -2.39. The number of carbonyl (C=O) groups excluding carboxylic acids is 2. The molecule has 0 saturated heterocycles. The Kier molecular flexibility index (Phi) is 6.61. The van der Waals surface area contributed by atoms with Crippen LogP contribution in [0.2, 0.25) is 0 Å². The molecule has 0 saturated carbocycles. The topological polar surface area (TPSA) is 111 Å². The maximum atomic E-state index is 12.5. The van der Waals surface area contributed by atoms with Gasteiger partial charge in [0.05, 0.1) is 18.1 Å². The Bertz CT molecular complexity index is 1120. The highest BCUT2D eigenvalue weighted by molar-refractivity contribution is 7.89. The van der Waals surface area contributed by atoms with Crippen LogP contribution in [0.1, 0.15) is 18.4 Å². The van der Waals surface area contributed by atoms with Gasteiger partial charge in [0.25, 0.3) is 5.91 Å². The molecular formula is C22H24N2O7S. The van der Waals surface area contributed by atoms with Crippen LogP contribution < -0.4 is 19.1 Å². The summed E-state index contributed by atoms with van der Waals surface area (Å²) in [5, 5.41) is 0. The molecule has 0 atom stereocenters. The molecule has 2 aliphatic heterocycles. The first-order chi connectivity index (χ1) is 15.4. The number of nitrogens with one attached hydrogen (secondary N) is 1. The lowest BCUT2D eigenvalue weighted by atomic mass is 10.0. The highest BCUT2D eigenvalue weighted by Gasteiger charge is 2.24. The normalized spacial score (nSPS) is 15.4. The van der Waals surface area contributed by atoms with E-state index in [9.17, 15) is 18.0 Å². The van der Waals surface area contributed by atoms with Crippen molar-refractivity contribution in [2.75, 3.05) is 37.8 Å². The number of hydrogen-bond donors (Lipinski definition) is 1. The SMILES string of the molecule is O=C(CNS(=O)(=O)c1ccc2c(c1)OCCCO2)OCC(=O)N1CCCc2ccccc21. The second kappa shape index (κ2) is 9.58. The molecule has 0 spiro atoms. The Hall–Kier alpha value is -3.11. The van der Waals surface area contributed by atoms with E-state index < -0.39 is 29.1 Å². The Morgan fingerprint density at radius 3 is 2.66 bits per heavy atom. The van der Waals surface area contributed by atoms with E-state index in [1.165, 1.54) is 18.2 Å². The van der Waals surface area contributed by atoms with E-state index in [-0.39, 0.29) is 10.8 Å². The first-order valence-electron chi connectivity index (χ1n) is 10.4. The third-order valence-electron chi connectivity index (χ3n) is 5.20. The molecule has 2 heterocycles. The summed E-state index contributed by atoms with van der Waals surface area (Å²) in [4.78, 5) is 26.1. The van der Waals surface area contributed by atoms with Crippen LogP contribution in [0.25, 0.3) is 0 Å². The van der Waals surface area contributed by atoms with Gasteiger partial charge in [0.15, 0.2) is 18.1 Å². The molecule has 0 bridgehead atoms. The zero-order valence-electron chi connectivity index (χ0n) is 17.4. The molecule has 0 aliphatic carbocycles. The molecule has 9 nitrogen and oxygen atoms in total. The Balaban J connectivity index is 1.31. The maximum Gasteiger partial charge on any atom is 0.321 e. The van der Waals surface area contributed by atoms with Gasteiger partial charge in [-0.1, -0.05) is 18.2 Å². The minimum Gasteiger partial charge on any atom is -0.490 e. The van der Waals surface area contributed by atoms with Crippen LogP contribution >= 0.6 is 0 Å². The summed E-state index contributed by atoms with van der Waals surface area (Å²) in [7, 11) is -3.98. The van der Waals surface area contributed by atoms with Gasteiger partial charge in [0, 0.05) is 24.7 Å². The van der Waals surface area contributed by atoms with E-state index in [1.54, 1.807) is 4.90 Å². The van der Waals surface area contributed by atoms with E-state index >= 15 is 0 Å². The van der Waals surface area contributed by atoms with Crippen molar-refractivity contribution in [3.63, 3.8) is 0 Å². The summed E-state index contributed by atoms with van der Waals surface area (Å²) >= 11 is 0. The molecule has 0 aromatic heterocycles. The number of aryl methyl sites for hydroxylation is 1. The number of para-hydroxylation sites is 1. The number of nitrogens with zero attached hydrogens (tertiary/aromatic N) is 1. The number of benzene rings is 2. The predicted octanol–water partition coefficient (Wildman–Crippen LogP) is 1.65. The molecule has 1 amide bonds. The summed E-state index contributed by atoms with van der Waals surface area (Å²) in [6.07, 6.45) is 2.41. The van der Waals surface area contributed by atoms with Gasteiger partial charge in [-0.2, -0.15) is 4.72 Å². The lowest BCUT2D eigenvalue weighted by molar-refractivity contribution is -0.146. The molecule has 10 heteroatoms. The molecule has 0 unspecified atom stereocenters. The Morgan fingerprint density at radius 1 is 1.03 bits per heavy atom. The first-order valence-corrected chi connectivity index (χ1v) is 11.9. The third kappa shape index (κ3) is 5.03. The van der Waals surface area contributed by atoms with Crippen molar-refractivity contribution in [3.8, 4) is 11.5 Å². The lowest BCUT2D eigenvalue weighted by Gasteiger charge is -2.29. The van der Waals surface area contributed by atoms with Crippen molar-refractivity contribution in [1.29, 1.82) is 0 Å². The highest BCUT2D eigenvalue weighted by Crippen LogP contribution is 2.32. The van der Waals surface area contributed by atoms with Crippen LogP contribution in [0.3, 0.4) is 0 Å². The van der Waals surface area contributed by atoms with Crippen LogP contribution in [-0.4, -0.2) is 53.2 Å². The van der Waals surface area contributed by atoms with Crippen molar-refractivity contribution in [1.82, 2.24) is 4.72 Å². The number of sulfonamides is 1. The third-order valence-corrected chi connectivity index (χ3v) is 6.60. The first kappa shape index (κ1) is 22.1. The summed E-state index contributed by atoms with van der Waals surface area (Å²) < 4.78 is 43.3. The van der Waals surface area contributed by atoms with Gasteiger partial charge in [-0.25, -0.2) is 8.42 Å². The number of rotatable bonds is 6. The molecule has 2 aromatic rings. The molecule has 2 aromatic carbocycles. The smallest absolute Gasteiger partial charge is 0.321 e. The number of esters is 1. The van der Waals surface area contributed by atoms with Crippen LogP contribution in [-0.2, 0) is 30.8 Å². The number of ether oxygens (including phenoxy) is 3. The summed E-state index contributed by atoms with van der Waals surface area (Å²) in [5.41, 5.74) is 1.89. The van der Waals surface area contributed by atoms with Gasteiger partial charge in [-0.05, 0) is 36.6 Å². The van der Waals surface area contributed by atoms with Crippen LogP contribution in [0.15, 0.2) is 47.4 Å². The van der Waals surface area contributed by atoms with Gasteiger partial charge in [0.1, 0.15) is 6.54 Å². The Morgan fingerprint density at radius 2 is 1.81 bits per heavy atom. The van der Waals surface area contributed by atoms with Crippen LogP contribution in [0.4, 0.5) is 5.69 Å². The van der Waals surface area contributed by atoms with Crippen molar-refractivity contribution in [2.24, 2.45) is 0 Å². The summed E-state index contributed by atoms with van der Waals surface area (Å²) in [5.74, 6) is -0.392. The number of amides is 1. The average Bonchev–Trinajstić information content (AvgIpc) is 3.06. The second-order valence-corrected chi connectivity index (χ2v) is 9.19. The van der Waals surface area contributed by atoms with E-state index in [0.717, 1.165) is 24.1 Å². The Labute approximate surface area is 186 Å². The fourth-order valence-corrected chi connectivity index (χ4v) is 4.60. The van der Waals surface area contributed by atoms with Crippen LogP contribution in [0.5, 0.6) is 11.5 Å². The number of anilines is 1. The maximum absolute atomic E-state index is 12.5. The zero-order valence-corrected chi connectivity index (χ0v) is 18.2. The molecule has 1 N–H and O–H groups in total. The van der Waals surface area contributed by atoms with E-state index in [0.29, 0.717) is 37.7 Å². The molecule has 0 fully saturated rings. The highest BCUT2D eigenvalue weighted by atomic mass is 32.2. The monoisotopic (exact) mass is 460 g/mol. The van der Waals surface area contributed by atoms with Crippen molar-refractivity contribution >= 4 is 27.6 Å². The van der Waals surface area contributed by atoms with Gasteiger partial charge < -0.3 is 19.1 Å². The number of hydrogen-bond acceptors (Lipinski definition) is 7. The summed E-state index contributed by atoms with van der Waals surface area (Å²) in [6, 6.07) is 11.8. The van der Waals surface area contributed by atoms with E-state index in [2.05, 4.69) is 4.72 Å². The van der Waals surface area contributed by atoms with E-state index in [4.69, 9.17) is 14.2 Å². The minimum absolute atomic E-state index is 0.0597. The quantitative estimate of drug-likeness (QED) is 0.653. The molecule has 0 radical (unpaired) electrons. The molecule has 2 aliphatic rings. The number of fused-ring (bicyclic) bond motifs is 2. The molecule has 170 valence electrons. The van der Waals surface area contributed by atoms with Gasteiger partial charge in [0.2, 0.25) is 10.0 Å². The van der Waals surface area contributed by atoms with Gasteiger partial charge in [-0.15, -0.1) is 0 Å². The van der Waals surface area contributed by atoms with Crippen LogP contribution in [0, 0.1) is 0 Å². The fraction of sp³-hybridized carbons (Fsp3) is 0.364. The number of carbonyl (C=O) groups is 2. The summed E-state index contributed by atoms with van der Waals surface area (Å²) in [6.45, 7) is 0.403. The second-order valence-electron chi connectivity index (χ2n) is 7.42. The predicted molar refractivity (Wildman–Crippen MR) is 115 cm³/mol. The fourth-order valence-electron chi connectivity index (χ4n) is 3.61. The van der Waals surface area contributed by atoms with Gasteiger partial charge in [-0.3, -0.25) is 9.59 Å². The molecular weight excluding hydrogens is 436 g/mol. The van der Waals surface area contributed by atoms with Gasteiger partial charge >= 0.3 is 5.97 Å². The average molecular weight is 461 g/mol. The molecule has 32 heavy (non-hydrogen) atoms. The van der Waals surface area contributed by atoms with E-state index in [1.807, 2.05) is 24.3 Å². The zero-order chi connectivity index (χ0) is 22.6. The molecule has 4 rings (SSSR count). The van der Waals surface area contributed by atoms with Crippen molar-refractivity contribution < 1.29 is 32.2 Å². The standard InChI is InChI=1S/C22H24N2O7S/c25-21(24-10-3-6-16-5-1-2-7-18(16)24)15-31-22(26)14-23-32(27,28)17-8-9-19-20(13-17)30-12-4-11-29-19/h1-2,5,7-9,13,23H,3-4,6,10-12,14-15H2. The van der Waals surface area contributed by atoms with Crippen molar-refractivity contribution in [2.45, 2.75) is 24.2 Å².